The van der Waals surface area contributed by atoms with Crippen molar-refractivity contribution < 1.29 is 4.74 Å². The molecule has 0 amide bonds. The monoisotopic (exact) mass is 389 g/mol. The highest BCUT2D eigenvalue weighted by Gasteiger charge is 2.16. The Morgan fingerprint density at radius 2 is 2.05 bits per heavy atom. The van der Waals surface area contributed by atoms with Gasteiger partial charge in [0.15, 0.2) is 5.96 Å². The molecular formula is C15H24IN3O. The summed E-state index contributed by atoms with van der Waals surface area (Å²) in [5.41, 5.74) is 8.21. The summed E-state index contributed by atoms with van der Waals surface area (Å²) in [5.74, 6) is 1.33. The number of methoxy groups -OCH3 is 1. The van der Waals surface area contributed by atoms with E-state index in [1.807, 2.05) is 12.1 Å². The molecule has 1 aliphatic rings. The Kier molecular flexibility index (Phi) is 7.91. The number of ether oxygens (including phenoxy) is 1. The number of hydrogen-bond donors (Lipinski definition) is 2. The predicted molar refractivity (Wildman–Crippen MR) is 93.2 cm³/mol. The van der Waals surface area contributed by atoms with Gasteiger partial charge in [0.1, 0.15) is 0 Å². The van der Waals surface area contributed by atoms with Crippen molar-refractivity contribution in [3.05, 3.63) is 35.4 Å². The average Bonchev–Trinajstić information content (AvgIpc) is 2.36. The number of nitrogens with one attached hydrogen (secondary N) is 1. The zero-order chi connectivity index (χ0) is 13.5. The summed E-state index contributed by atoms with van der Waals surface area (Å²) >= 11 is 0. The van der Waals surface area contributed by atoms with Crippen molar-refractivity contribution in [2.24, 2.45) is 16.6 Å². The lowest BCUT2D eigenvalue weighted by Gasteiger charge is -2.25. The Morgan fingerprint density at radius 3 is 2.65 bits per heavy atom. The van der Waals surface area contributed by atoms with Crippen LogP contribution in [0, 0.1) is 5.92 Å². The Hall–Kier alpha value is -0.820. The van der Waals surface area contributed by atoms with Crippen molar-refractivity contribution in [2.45, 2.75) is 32.4 Å². The van der Waals surface area contributed by atoms with Gasteiger partial charge in [0.25, 0.3) is 0 Å². The van der Waals surface area contributed by atoms with Gasteiger partial charge in [0, 0.05) is 13.7 Å². The van der Waals surface area contributed by atoms with Crippen molar-refractivity contribution in [2.75, 3.05) is 13.7 Å². The summed E-state index contributed by atoms with van der Waals surface area (Å²) in [7, 11) is 1.70. The van der Waals surface area contributed by atoms with Crippen LogP contribution < -0.4 is 11.1 Å². The van der Waals surface area contributed by atoms with E-state index in [9.17, 15) is 0 Å². The number of guanidine groups is 1. The van der Waals surface area contributed by atoms with Crippen molar-refractivity contribution in [1.82, 2.24) is 5.32 Å². The summed E-state index contributed by atoms with van der Waals surface area (Å²) < 4.78 is 5.18. The van der Waals surface area contributed by atoms with Crippen LogP contribution in [0.25, 0.3) is 0 Å². The van der Waals surface area contributed by atoms with Crippen LogP contribution >= 0.6 is 24.0 Å². The zero-order valence-corrected chi connectivity index (χ0v) is 14.3. The summed E-state index contributed by atoms with van der Waals surface area (Å²) in [4.78, 5) is 4.40. The molecule has 1 saturated carbocycles. The molecule has 5 heteroatoms. The molecule has 1 fully saturated rings. The third kappa shape index (κ3) is 5.28. The predicted octanol–water partition coefficient (Wildman–Crippen LogP) is 2.66. The highest BCUT2D eigenvalue weighted by molar-refractivity contribution is 14.0. The third-order valence-electron chi connectivity index (χ3n) is 3.63. The van der Waals surface area contributed by atoms with Gasteiger partial charge in [-0.2, -0.15) is 0 Å². The van der Waals surface area contributed by atoms with Crippen molar-refractivity contribution in [3.63, 3.8) is 0 Å². The molecule has 0 unspecified atom stereocenters. The van der Waals surface area contributed by atoms with Gasteiger partial charge in [-0.3, -0.25) is 0 Å². The maximum atomic E-state index is 5.88. The van der Waals surface area contributed by atoms with Crippen molar-refractivity contribution >= 4 is 29.9 Å². The fourth-order valence-corrected chi connectivity index (χ4v) is 2.18. The molecule has 0 aliphatic heterocycles. The van der Waals surface area contributed by atoms with Gasteiger partial charge in [0.2, 0.25) is 0 Å². The summed E-state index contributed by atoms with van der Waals surface area (Å²) in [6.07, 6.45) is 3.99. The molecule has 0 aromatic heterocycles. The first-order valence-electron chi connectivity index (χ1n) is 6.89. The Bertz CT molecular complexity index is 433. The average molecular weight is 389 g/mol. The number of halogens is 1. The lowest BCUT2D eigenvalue weighted by molar-refractivity contribution is 0.184. The van der Waals surface area contributed by atoms with Crippen LogP contribution in [0.5, 0.6) is 0 Å². The molecule has 0 spiro atoms. The molecule has 1 aromatic rings. The molecule has 0 saturated heterocycles. The highest BCUT2D eigenvalue weighted by Crippen LogP contribution is 2.24. The van der Waals surface area contributed by atoms with Crippen LogP contribution in [0.1, 0.15) is 30.4 Å². The minimum Gasteiger partial charge on any atom is -0.380 e. The fraction of sp³-hybridized carbons (Fsp3) is 0.533. The molecule has 3 N–H and O–H groups in total. The topological polar surface area (TPSA) is 59.6 Å². The maximum Gasteiger partial charge on any atom is 0.188 e. The number of aliphatic imine (C=N–C) groups is 1. The summed E-state index contributed by atoms with van der Waals surface area (Å²) in [5, 5.41) is 3.20. The second-order valence-corrected chi connectivity index (χ2v) is 5.08. The molecule has 112 valence electrons. The van der Waals surface area contributed by atoms with Gasteiger partial charge in [-0.1, -0.05) is 30.7 Å². The molecule has 1 aliphatic carbocycles. The Morgan fingerprint density at radius 1 is 1.35 bits per heavy atom. The van der Waals surface area contributed by atoms with E-state index in [1.165, 1.54) is 24.8 Å². The van der Waals surface area contributed by atoms with E-state index in [2.05, 4.69) is 22.4 Å². The molecule has 20 heavy (non-hydrogen) atoms. The van der Waals surface area contributed by atoms with Gasteiger partial charge >= 0.3 is 0 Å². The quantitative estimate of drug-likeness (QED) is 0.447. The van der Waals surface area contributed by atoms with E-state index in [4.69, 9.17) is 10.5 Å². The molecule has 2 rings (SSSR count). The van der Waals surface area contributed by atoms with E-state index >= 15 is 0 Å². The van der Waals surface area contributed by atoms with E-state index < -0.39 is 0 Å². The lowest BCUT2D eigenvalue weighted by atomic mass is 9.85. The van der Waals surface area contributed by atoms with Crippen LogP contribution in [0.4, 0.5) is 0 Å². The Balaban J connectivity index is 0.00000200. The van der Waals surface area contributed by atoms with E-state index in [0.29, 0.717) is 19.1 Å². The zero-order valence-electron chi connectivity index (χ0n) is 12.0. The smallest absolute Gasteiger partial charge is 0.188 e. The SMILES string of the molecule is COCc1ccccc1CN=C(N)NCC1CCC1.I. The summed E-state index contributed by atoms with van der Waals surface area (Å²) in [6, 6.07) is 8.16. The third-order valence-corrected chi connectivity index (χ3v) is 3.63. The van der Waals surface area contributed by atoms with Crippen LogP contribution in [0.2, 0.25) is 0 Å². The normalized spacial score (nSPS) is 15.3. The highest BCUT2D eigenvalue weighted by atomic mass is 127. The number of benzene rings is 1. The number of nitrogens with zero attached hydrogens (tertiary/aromatic N) is 1. The number of rotatable bonds is 6. The van der Waals surface area contributed by atoms with Crippen LogP contribution in [0.3, 0.4) is 0 Å². The molecular weight excluding hydrogens is 365 g/mol. The molecule has 0 heterocycles. The van der Waals surface area contributed by atoms with Gasteiger partial charge in [-0.25, -0.2) is 4.99 Å². The van der Waals surface area contributed by atoms with E-state index in [-0.39, 0.29) is 24.0 Å². The fourth-order valence-electron chi connectivity index (χ4n) is 2.18. The first-order chi connectivity index (χ1) is 9.29. The Labute approximate surface area is 138 Å². The van der Waals surface area contributed by atoms with E-state index in [0.717, 1.165) is 18.0 Å². The second kappa shape index (κ2) is 9.18. The minimum absolute atomic E-state index is 0. The van der Waals surface area contributed by atoms with Gasteiger partial charge in [-0.05, 0) is 29.9 Å². The minimum atomic E-state index is 0. The molecule has 0 bridgehead atoms. The van der Waals surface area contributed by atoms with E-state index in [1.54, 1.807) is 7.11 Å². The first kappa shape index (κ1) is 17.2. The lowest BCUT2D eigenvalue weighted by Crippen LogP contribution is -2.37. The van der Waals surface area contributed by atoms with Gasteiger partial charge in [-0.15, -0.1) is 24.0 Å². The van der Waals surface area contributed by atoms with Crippen molar-refractivity contribution in [1.29, 1.82) is 0 Å². The molecule has 0 atom stereocenters. The molecule has 4 nitrogen and oxygen atoms in total. The van der Waals surface area contributed by atoms with Crippen molar-refractivity contribution in [3.8, 4) is 0 Å². The van der Waals surface area contributed by atoms with Crippen LogP contribution in [0.15, 0.2) is 29.3 Å². The van der Waals surface area contributed by atoms with Crippen LogP contribution in [-0.4, -0.2) is 19.6 Å². The molecule has 0 radical (unpaired) electrons. The first-order valence-corrected chi connectivity index (χ1v) is 6.89. The number of hydrogen-bond acceptors (Lipinski definition) is 2. The largest absolute Gasteiger partial charge is 0.380 e. The maximum absolute atomic E-state index is 5.88. The standard InChI is InChI=1S/C15H23N3O.HI/c1-19-11-14-8-3-2-7-13(14)10-18-15(16)17-9-12-5-4-6-12;/h2-3,7-8,12H,4-6,9-11H2,1H3,(H3,16,17,18);1H. The van der Waals surface area contributed by atoms with Gasteiger partial charge in [0.05, 0.1) is 13.2 Å². The van der Waals surface area contributed by atoms with Gasteiger partial charge < -0.3 is 15.8 Å². The second-order valence-electron chi connectivity index (χ2n) is 5.08. The summed E-state index contributed by atoms with van der Waals surface area (Å²) in [6.45, 7) is 2.17. The molecule has 1 aromatic carbocycles. The van der Waals surface area contributed by atoms with Crippen LogP contribution in [-0.2, 0) is 17.9 Å². The number of nitrogens with two attached hydrogens (primary N) is 1.